The summed E-state index contributed by atoms with van der Waals surface area (Å²) in [6.07, 6.45) is 2.61. The first-order valence-electron chi connectivity index (χ1n) is 6.56. The largest absolute Gasteiger partial charge is 0.328 e. The Bertz CT molecular complexity index is 622. The molecule has 1 aromatic heterocycles. The number of thiazole rings is 1. The minimum Gasteiger partial charge on any atom is -0.328 e. The van der Waals surface area contributed by atoms with Crippen molar-refractivity contribution >= 4 is 32.6 Å². The number of aryl methyl sites for hydroxylation is 1. The Morgan fingerprint density at radius 1 is 1.47 bits per heavy atom. The monoisotopic (exact) mass is 275 g/mol. The average molecular weight is 275 g/mol. The first-order valence-corrected chi connectivity index (χ1v) is 7.38. The van der Waals surface area contributed by atoms with Crippen molar-refractivity contribution in [2.45, 2.75) is 32.2 Å². The standard InChI is InChI=1S/C14H17N3OS/c1-8-3-2-4-11-12(8)16-14(19-11)17-13(18)9-5-6-10(15)7-9/h2-4,9-10H,5-7,15H2,1H3,(H,16,17,18). The topological polar surface area (TPSA) is 68.0 Å². The molecule has 0 spiro atoms. The summed E-state index contributed by atoms with van der Waals surface area (Å²) in [5.74, 6) is 0.104. The lowest BCUT2D eigenvalue weighted by Gasteiger charge is -2.07. The fraction of sp³-hybridized carbons (Fsp3) is 0.429. The van der Waals surface area contributed by atoms with E-state index in [1.807, 2.05) is 25.1 Å². The van der Waals surface area contributed by atoms with Crippen LogP contribution in [0, 0.1) is 12.8 Å². The van der Waals surface area contributed by atoms with Crippen LogP contribution in [-0.2, 0) is 4.79 Å². The molecule has 0 saturated heterocycles. The molecule has 0 radical (unpaired) electrons. The van der Waals surface area contributed by atoms with E-state index in [9.17, 15) is 4.79 Å². The molecule has 4 nitrogen and oxygen atoms in total. The Morgan fingerprint density at radius 2 is 2.32 bits per heavy atom. The smallest absolute Gasteiger partial charge is 0.229 e. The van der Waals surface area contributed by atoms with Gasteiger partial charge in [0.1, 0.15) is 0 Å². The van der Waals surface area contributed by atoms with Crippen LogP contribution >= 0.6 is 11.3 Å². The highest BCUT2D eigenvalue weighted by Gasteiger charge is 2.28. The number of anilines is 1. The molecular formula is C14H17N3OS. The first-order chi connectivity index (χ1) is 9.13. The maximum atomic E-state index is 12.1. The molecule has 0 bridgehead atoms. The molecule has 1 aliphatic carbocycles. The number of benzene rings is 1. The molecule has 2 atom stereocenters. The highest BCUT2D eigenvalue weighted by Crippen LogP contribution is 2.30. The third kappa shape index (κ3) is 2.48. The number of nitrogens with one attached hydrogen (secondary N) is 1. The second-order valence-electron chi connectivity index (χ2n) is 5.20. The molecule has 1 saturated carbocycles. The molecule has 2 aromatic rings. The number of hydrogen-bond donors (Lipinski definition) is 2. The number of para-hydroxylation sites is 1. The molecule has 0 aliphatic heterocycles. The molecular weight excluding hydrogens is 258 g/mol. The van der Waals surface area contributed by atoms with E-state index in [0.717, 1.165) is 35.0 Å². The Morgan fingerprint density at radius 3 is 3.00 bits per heavy atom. The van der Waals surface area contributed by atoms with Crippen LogP contribution in [-0.4, -0.2) is 16.9 Å². The van der Waals surface area contributed by atoms with Gasteiger partial charge in [-0.05, 0) is 37.8 Å². The lowest BCUT2D eigenvalue weighted by molar-refractivity contribution is -0.119. The van der Waals surface area contributed by atoms with Crippen molar-refractivity contribution in [1.82, 2.24) is 4.98 Å². The van der Waals surface area contributed by atoms with Crippen LogP contribution in [0.1, 0.15) is 24.8 Å². The fourth-order valence-corrected chi connectivity index (χ4v) is 3.55. The van der Waals surface area contributed by atoms with Gasteiger partial charge in [0.2, 0.25) is 5.91 Å². The Hall–Kier alpha value is -1.46. The fourth-order valence-electron chi connectivity index (χ4n) is 2.60. The van der Waals surface area contributed by atoms with Gasteiger partial charge >= 0.3 is 0 Å². The summed E-state index contributed by atoms with van der Waals surface area (Å²) >= 11 is 1.53. The van der Waals surface area contributed by atoms with Crippen molar-refractivity contribution < 1.29 is 4.79 Å². The van der Waals surface area contributed by atoms with Gasteiger partial charge in [-0.25, -0.2) is 4.98 Å². The van der Waals surface area contributed by atoms with Gasteiger partial charge in [-0.1, -0.05) is 23.5 Å². The predicted octanol–water partition coefficient (Wildman–Crippen LogP) is 2.67. The molecule has 1 amide bonds. The van der Waals surface area contributed by atoms with Gasteiger partial charge in [-0.15, -0.1) is 0 Å². The molecule has 3 rings (SSSR count). The summed E-state index contributed by atoms with van der Waals surface area (Å²) in [5, 5.41) is 3.62. The minimum atomic E-state index is 0.0445. The van der Waals surface area contributed by atoms with Crippen LogP contribution < -0.4 is 11.1 Å². The highest BCUT2D eigenvalue weighted by molar-refractivity contribution is 7.22. The van der Waals surface area contributed by atoms with E-state index in [-0.39, 0.29) is 17.9 Å². The molecule has 100 valence electrons. The van der Waals surface area contributed by atoms with E-state index in [1.54, 1.807) is 0 Å². The van der Waals surface area contributed by atoms with Crippen molar-refractivity contribution in [2.75, 3.05) is 5.32 Å². The van der Waals surface area contributed by atoms with Gasteiger partial charge in [0.15, 0.2) is 5.13 Å². The van der Waals surface area contributed by atoms with Crippen LogP contribution in [0.25, 0.3) is 10.2 Å². The second-order valence-corrected chi connectivity index (χ2v) is 6.23. The highest BCUT2D eigenvalue weighted by atomic mass is 32.1. The van der Waals surface area contributed by atoms with Gasteiger partial charge in [-0.3, -0.25) is 4.79 Å². The van der Waals surface area contributed by atoms with Crippen LogP contribution in [0.3, 0.4) is 0 Å². The number of amides is 1. The number of rotatable bonds is 2. The second kappa shape index (κ2) is 4.90. The Balaban J connectivity index is 1.78. The SMILES string of the molecule is Cc1cccc2sc(NC(=O)C3CCC(N)C3)nc12. The van der Waals surface area contributed by atoms with Gasteiger partial charge in [0, 0.05) is 12.0 Å². The lowest BCUT2D eigenvalue weighted by atomic mass is 10.1. The van der Waals surface area contributed by atoms with Crippen molar-refractivity contribution in [3.63, 3.8) is 0 Å². The van der Waals surface area contributed by atoms with Crippen molar-refractivity contribution in [3.05, 3.63) is 23.8 Å². The third-order valence-electron chi connectivity index (χ3n) is 3.69. The number of aromatic nitrogens is 1. The normalized spacial score (nSPS) is 22.8. The number of nitrogens with two attached hydrogens (primary N) is 1. The number of carbonyl (C=O) groups is 1. The van der Waals surface area contributed by atoms with Gasteiger partial charge < -0.3 is 11.1 Å². The maximum absolute atomic E-state index is 12.1. The summed E-state index contributed by atoms with van der Waals surface area (Å²) in [6, 6.07) is 6.25. The number of carbonyl (C=O) groups excluding carboxylic acids is 1. The van der Waals surface area contributed by atoms with Crippen molar-refractivity contribution in [1.29, 1.82) is 0 Å². The molecule has 1 heterocycles. The van der Waals surface area contributed by atoms with E-state index in [0.29, 0.717) is 5.13 Å². The summed E-state index contributed by atoms with van der Waals surface area (Å²) < 4.78 is 1.11. The zero-order chi connectivity index (χ0) is 13.4. The Kier molecular flexibility index (Phi) is 3.24. The molecule has 1 aromatic carbocycles. The average Bonchev–Trinajstić information content (AvgIpc) is 2.96. The summed E-state index contributed by atoms with van der Waals surface area (Å²) in [6.45, 7) is 2.03. The molecule has 2 unspecified atom stereocenters. The maximum Gasteiger partial charge on any atom is 0.229 e. The zero-order valence-electron chi connectivity index (χ0n) is 10.8. The van der Waals surface area contributed by atoms with Crippen LogP contribution in [0.4, 0.5) is 5.13 Å². The number of hydrogen-bond acceptors (Lipinski definition) is 4. The zero-order valence-corrected chi connectivity index (χ0v) is 11.7. The summed E-state index contributed by atoms with van der Waals surface area (Å²) in [4.78, 5) is 16.6. The van der Waals surface area contributed by atoms with Crippen LogP contribution in [0.5, 0.6) is 0 Å². The van der Waals surface area contributed by atoms with E-state index in [4.69, 9.17) is 5.73 Å². The summed E-state index contributed by atoms with van der Waals surface area (Å²) in [7, 11) is 0. The Labute approximate surface area is 116 Å². The lowest BCUT2D eigenvalue weighted by Crippen LogP contribution is -2.23. The van der Waals surface area contributed by atoms with Crippen LogP contribution in [0.15, 0.2) is 18.2 Å². The number of nitrogens with zero attached hydrogens (tertiary/aromatic N) is 1. The summed E-state index contributed by atoms with van der Waals surface area (Å²) in [5.41, 5.74) is 7.96. The molecule has 3 N–H and O–H groups in total. The van der Waals surface area contributed by atoms with Crippen LogP contribution in [0.2, 0.25) is 0 Å². The third-order valence-corrected chi connectivity index (χ3v) is 4.63. The molecule has 19 heavy (non-hydrogen) atoms. The van der Waals surface area contributed by atoms with E-state index >= 15 is 0 Å². The molecule has 1 fully saturated rings. The quantitative estimate of drug-likeness (QED) is 0.885. The molecule has 1 aliphatic rings. The van der Waals surface area contributed by atoms with Gasteiger partial charge in [0.05, 0.1) is 10.2 Å². The van der Waals surface area contributed by atoms with E-state index in [2.05, 4.69) is 10.3 Å². The van der Waals surface area contributed by atoms with E-state index < -0.39 is 0 Å². The van der Waals surface area contributed by atoms with Crippen molar-refractivity contribution in [2.24, 2.45) is 11.7 Å². The van der Waals surface area contributed by atoms with E-state index in [1.165, 1.54) is 11.3 Å². The van der Waals surface area contributed by atoms with Crippen molar-refractivity contribution in [3.8, 4) is 0 Å². The van der Waals surface area contributed by atoms with Gasteiger partial charge in [-0.2, -0.15) is 0 Å². The first kappa shape index (κ1) is 12.6. The molecule has 5 heteroatoms. The predicted molar refractivity (Wildman–Crippen MR) is 78.3 cm³/mol. The minimum absolute atomic E-state index is 0.0445. The number of fused-ring (bicyclic) bond motifs is 1. The van der Waals surface area contributed by atoms with Gasteiger partial charge in [0.25, 0.3) is 0 Å².